The third kappa shape index (κ3) is 5.93. The number of esters is 1. The van der Waals surface area contributed by atoms with Gasteiger partial charge in [-0.3, -0.25) is 4.79 Å². The van der Waals surface area contributed by atoms with E-state index in [-0.39, 0.29) is 11.9 Å². The first-order chi connectivity index (χ1) is 12.1. The van der Waals surface area contributed by atoms with Crippen LogP contribution in [-0.4, -0.2) is 19.2 Å². The molecule has 0 saturated heterocycles. The van der Waals surface area contributed by atoms with Crippen LogP contribution < -0.4 is 4.74 Å². The predicted octanol–water partition coefficient (Wildman–Crippen LogP) is 5.20. The smallest absolute Gasteiger partial charge is 0.306 e. The van der Waals surface area contributed by atoms with Gasteiger partial charge in [0.2, 0.25) is 0 Å². The van der Waals surface area contributed by atoms with Crippen LogP contribution in [0, 0.1) is 5.92 Å². The molecule has 0 saturated carbocycles. The lowest BCUT2D eigenvalue weighted by molar-refractivity contribution is -0.143. The van der Waals surface area contributed by atoms with Gasteiger partial charge in [0.05, 0.1) is 19.6 Å². The average molecular weight is 340 g/mol. The van der Waals surface area contributed by atoms with Gasteiger partial charge in [0.1, 0.15) is 5.75 Å². The molecule has 0 fully saturated rings. The van der Waals surface area contributed by atoms with Gasteiger partial charge in [0.25, 0.3) is 0 Å². The Morgan fingerprint density at radius 3 is 2.20 bits per heavy atom. The molecule has 2 aromatic rings. The predicted molar refractivity (Wildman–Crippen MR) is 101 cm³/mol. The molecule has 0 aliphatic rings. The third-order valence-corrected chi connectivity index (χ3v) is 4.39. The first-order valence-electron chi connectivity index (χ1n) is 9.07. The van der Waals surface area contributed by atoms with Gasteiger partial charge in [-0.15, -0.1) is 0 Å². The topological polar surface area (TPSA) is 35.5 Å². The number of hydrogen-bond acceptors (Lipinski definition) is 3. The van der Waals surface area contributed by atoms with E-state index in [0.717, 1.165) is 29.9 Å². The summed E-state index contributed by atoms with van der Waals surface area (Å²) in [6.07, 6.45) is 1.44. The van der Waals surface area contributed by atoms with Crippen LogP contribution in [0.2, 0.25) is 0 Å². The highest BCUT2D eigenvalue weighted by molar-refractivity contribution is 5.71. The molecule has 2 atom stereocenters. The van der Waals surface area contributed by atoms with E-state index in [0.29, 0.717) is 18.9 Å². The van der Waals surface area contributed by atoms with Crippen molar-refractivity contribution in [1.82, 2.24) is 0 Å². The number of carbonyl (C=O) groups is 1. The molecule has 0 bridgehead atoms. The van der Waals surface area contributed by atoms with Crippen molar-refractivity contribution in [1.29, 1.82) is 0 Å². The Bertz CT molecular complexity index is 634. The van der Waals surface area contributed by atoms with Gasteiger partial charge < -0.3 is 9.47 Å². The van der Waals surface area contributed by atoms with Crippen LogP contribution in [0.1, 0.15) is 50.7 Å². The summed E-state index contributed by atoms with van der Waals surface area (Å²) in [6.45, 7) is 7.30. The molecule has 0 spiro atoms. The summed E-state index contributed by atoms with van der Waals surface area (Å²) in [5, 5.41) is 0. The fraction of sp³-hybridized carbons (Fsp3) is 0.409. The quantitative estimate of drug-likeness (QED) is 0.589. The summed E-state index contributed by atoms with van der Waals surface area (Å²) in [4.78, 5) is 12.0. The molecular weight excluding hydrogens is 312 g/mol. The fourth-order valence-corrected chi connectivity index (χ4v) is 2.65. The highest BCUT2D eigenvalue weighted by atomic mass is 16.5. The van der Waals surface area contributed by atoms with Crippen molar-refractivity contribution >= 4 is 5.97 Å². The van der Waals surface area contributed by atoms with Gasteiger partial charge in [0, 0.05) is 5.92 Å². The molecule has 0 N–H and O–H groups in total. The van der Waals surface area contributed by atoms with Crippen LogP contribution in [0.5, 0.6) is 5.75 Å². The van der Waals surface area contributed by atoms with E-state index in [1.54, 1.807) is 0 Å². The van der Waals surface area contributed by atoms with E-state index in [4.69, 9.17) is 9.47 Å². The van der Waals surface area contributed by atoms with E-state index in [9.17, 15) is 4.79 Å². The first-order valence-corrected chi connectivity index (χ1v) is 9.07. The molecule has 0 aromatic heterocycles. The number of ether oxygens (including phenoxy) is 2. The Balaban J connectivity index is 2.15. The second-order valence-electron chi connectivity index (χ2n) is 6.37. The Morgan fingerprint density at radius 1 is 0.960 bits per heavy atom. The van der Waals surface area contributed by atoms with Crippen LogP contribution in [-0.2, 0) is 9.53 Å². The van der Waals surface area contributed by atoms with Crippen LogP contribution in [0.4, 0.5) is 0 Å². The van der Waals surface area contributed by atoms with Gasteiger partial charge >= 0.3 is 5.97 Å². The van der Waals surface area contributed by atoms with Gasteiger partial charge in [-0.2, -0.15) is 0 Å². The van der Waals surface area contributed by atoms with Crippen molar-refractivity contribution in [2.45, 2.75) is 39.5 Å². The molecule has 0 aliphatic heterocycles. The normalized spacial score (nSPS) is 13.1. The Kier molecular flexibility index (Phi) is 7.52. The molecule has 2 aromatic carbocycles. The van der Waals surface area contributed by atoms with Crippen molar-refractivity contribution in [2.24, 2.45) is 5.92 Å². The van der Waals surface area contributed by atoms with Crippen LogP contribution >= 0.6 is 0 Å². The monoisotopic (exact) mass is 340 g/mol. The van der Waals surface area contributed by atoms with Gasteiger partial charge in [0.15, 0.2) is 0 Å². The molecular formula is C22H28O3. The first kappa shape index (κ1) is 19.0. The van der Waals surface area contributed by atoms with Crippen molar-refractivity contribution in [3.8, 4) is 5.75 Å². The Hall–Kier alpha value is -2.29. The van der Waals surface area contributed by atoms with E-state index in [1.807, 2.05) is 49.4 Å². The number of hydrogen-bond donors (Lipinski definition) is 0. The standard InChI is InChI=1S/C22H28O3/c1-4-17(3)16-25-20-13-11-19(12-14-20)21(15-22(23)24-5-2)18-9-7-6-8-10-18/h6-14,17,21H,4-5,15-16H2,1-3H3/t17-,21?/m0/s1. The lowest BCUT2D eigenvalue weighted by atomic mass is 9.88. The van der Waals surface area contributed by atoms with Gasteiger partial charge in [-0.25, -0.2) is 0 Å². The lowest BCUT2D eigenvalue weighted by Crippen LogP contribution is -2.12. The van der Waals surface area contributed by atoms with Crippen molar-refractivity contribution in [3.05, 3.63) is 65.7 Å². The van der Waals surface area contributed by atoms with E-state index in [2.05, 4.69) is 26.0 Å². The molecule has 3 nitrogen and oxygen atoms in total. The highest BCUT2D eigenvalue weighted by Crippen LogP contribution is 2.29. The van der Waals surface area contributed by atoms with Gasteiger partial charge in [-0.1, -0.05) is 62.7 Å². The molecule has 25 heavy (non-hydrogen) atoms. The van der Waals surface area contributed by atoms with Crippen LogP contribution in [0.3, 0.4) is 0 Å². The molecule has 0 heterocycles. The van der Waals surface area contributed by atoms with Crippen molar-refractivity contribution in [3.63, 3.8) is 0 Å². The van der Waals surface area contributed by atoms with E-state index >= 15 is 0 Å². The van der Waals surface area contributed by atoms with Gasteiger partial charge in [-0.05, 0) is 36.1 Å². The third-order valence-electron chi connectivity index (χ3n) is 4.39. The van der Waals surface area contributed by atoms with E-state index in [1.165, 1.54) is 0 Å². The average Bonchev–Trinajstić information content (AvgIpc) is 2.65. The summed E-state index contributed by atoms with van der Waals surface area (Å²) in [7, 11) is 0. The zero-order valence-corrected chi connectivity index (χ0v) is 15.4. The highest BCUT2D eigenvalue weighted by Gasteiger charge is 2.19. The summed E-state index contributed by atoms with van der Waals surface area (Å²) < 4.78 is 11.0. The minimum absolute atomic E-state index is 0.0103. The second kappa shape index (κ2) is 9.87. The minimum atomic E-state index is -0.173. The molecule has 0 amide bonds. The second-order valence-corrected chi connectivity index (χ2v) is 6.37. The maximum absolute atomic E-state index is 12.0. The molecule has 2 rings (SSSR count). The number of rotatable bonds is 9. The lowest BCUT2D eigenvalue weighted by Gasteiger charge is -2.18. The summed E-state index contributed by atoms with van der Waals surface area (Å²) in [6, 6.07) is 18.1. The van der Waals surface area contributed by atoms with Crippen LogP contribution in [0.15, 0.2) is 54.6 Å². The Morgan fingerprint density at radius 2 is 1.60 bits per heavy atom. The molecule has 3 heteroatoms. The zero-order chi connectivity index (χ0) is 18.1. The maximum Gasteiger partial charge on any atom is 0.306 e. The molecule has 1 unspecified atom stereocenters. The number of benzene rings is 2. The molecule has 134 valence electrons. The molecule has 0 aliphatic carbocycles. The van der Waals surface area contributed by atoms with Crippen molar-refractivity contribution in [2.75, 3.05) is 13.2 Å². The van der Waals surface area contributed by atoms with Crippen molar-refractivity contribution < 1.29 is 14.3 Å². The van der Waals surface area contributed by atoms with Crippen LogP contribution in [0.25, 0.3) is 0 Å². The summed E-state index contributed by atoms with van der Waals surface area (Å²) in [5.74, 6) is 1.23. The fourth-order valence-electron chi connectivity index (χ4n) is 2.65. The number of carbonyl (C=O) groups excluding carboxylic acids is 1. The minimum Gasteiger partial charge on any atom is -0.493 e. The summed E-state index contributed by atoms with van der Waals surface area (Å²) in [5.41, 5.74) is 2.21. The zero-order valence-electron chi connectivity index (χ0n) is 15.4. The SMILES string of the molecule is CCOC(=O)CC(c1ccccc1)c1ccc(OC[C@@H](C)CC)cc1. The largest absolute Gasteiger partial charge is 0.493 e. The summed E-state index contributed by atoms with van der Waals surface area (Å²) >= 11 is 0. The Labute approximate surface area is 151 Å². The maximum atomic E-state index is 12.0. The van der Waals surface area contributed by atoms with E-state index < -0.39 is 0 Å². The molecule has 0 radical (unpaired) electrons.